The summed E-state index contributed by atoms with van der Waals surface area (Å²) in [5.41, 5.74) is 1.74. The summed E-state index contributed by atoms with van der Waals surface area (Å²) in [5, 5.41) is 25.6. The molecule has 0 radical (unpaired) electrons. The predicted molar refractivity (Wildman–Crippen MR) is 181 cm³/mol. The Morgan fingerprint density at radius 2 is 1.65 bits per heavy atom. The molecule has 5 saturated carbocycles. The molecule has 9 nitrogen and oxygen atoms in total. The van der Waals surface area contributed by atoms with E-state index < -0.39 is 0 Å². The van der Waals surface area contributed by atoms with Crippen LogP contribution in [0.25, 0.3) is 0 Å². The number of carbonyl (C=O) groups is 1. The van der Waals surface area contributed by atoms with Crippen LogP contribution in [0.3, 0.4) is 0 Å². The molecule has 5 atom stereocenters. The molecule has 8 rings (SSSR count). The summed E-state index contributed by atoms with van der Waals surface area (Å²) in [4.78, 5) is 22.8. The van der Waals surface area contributed by atoms with Gasteiger partial charge in [0.15, 0.2) is 0 Å². The fourth-order valence-electron chi connectivity index (χ4n) is 9.85. The van der Waals surface area contributed by atoms with Crippen LogP contribution in [-0.4, -0.2) is 64.6 Å². The van der Waals surface area contributed by atoms with E-state index in [4.69, 9.17) is 16.6 Å². The van der Waals surface area contributed by atoms with E-state index in [1.54, 1.807) is 13.1 Å². The minimum Gasteiger partial charge on any atom is -0.368 e. The average Bonchev–Trinajstić information content (AvgIpc) is 3.06. The second-order valence-corrected chi connectivity index (χ2v) is 15.4. The minimum atomic E-state index is 0.212. The van der Waals surface area contributed by atoms with Crippen LogP contribution in [0.15, 0.2) is 30.5 Å². The molecule has 1 aromatic carbocycles. The molecule has 5 aliphatic carbocycles. The number of piperidine rings is 1. The fraction of sp³-hybridized carbons (Fsp3) is 0.667. The number of amides is 1. The maximum absolute atomic E-state index is 11.7. The molecule has 1 unspecified atom stereocenters. The quantitative estimate of drug-likeness (QED) is 0.259. The zero-order chi connectivity index (χ0) is 31.7. The lowest BCUT2D eigenvalue weighted by Crippen LogP contribution is -2.61. The molecule has 2 aromatic rings. The van der Waals surface area contributed by atoms with Gasteiger partial charge in [-0.1, -0.05) is 29.8 Å². The van der Waals surface area contributed by atoms with Crippen LogP contribution >= 0.6 is 11.6 Å². The Bertz CT molecular complexity index is 1410. The highest BCUT2D eigenvalue weighted by Gasteiger charge is 2.55. The third-order valence-electron chi connectivity index (χ3n) is 11.9. The molecule has 1 saturated heterocycles. The maximum Gasteiger partial charge on any atom is 0.224 e. The number of carbonyl (C=O) groups excluding carboxylic acids is 1. The van der Waals surface area contributed by atoms with Gasteiger partial charge in [-0.2, -0.15) is 10.2 Å². The number of likely N-dealkylation sites (tertiary alicyclic amines) is 1. The SMILES string of the molecule is CC(=O)N1CCC(N[C@H]2CC[C@@H](N[C@@H]3[C@@H]4CC5C[C@H]3C[C@](CNc3nc(NCc6ccccc6Cl)ncc3C#N)(C5)C4)CC2)CC1. The van der Waals surface area contributed by atoms with Crippen LogP contribution in [0.1, 0.15) is 88.7 Å². The number of hydrogen-bond donors (Lipinski definition) is 4. The first-order valence-corrected chi connectivity index (χ1v) is 18.0. The summed E-state index contributed by atoms with van der Waals surface area (Å²) in [6, 6.07) is 12.5. The van der Waals surface area contributed by atoms with Gasteiger partial charge in [0, 0.05) is 62.3 Å². The van der Waals surface area contributed by atoms with Crippen LogP contribution < -0.4 is 21.3 Å². The second kappa shape index (κ2) is 13.7. The van der Waals surface area contributed by atoms with Gasteiger partial charge in [0.2, 0.25) is 11.9 Å². The lowest BCUT2D eigenvalue weighted by molar-refractivity contribution is -0.129. The number of nitriles is 1. The number of hydrogen-bond acceptors (Lipinski definition) is 8. The van der Waals surface area contributed by atoms with Crippen LogP contribution in [0.4, 0.5) is 11.8 Å². The molecule has 1 aliphatic heterocycles. The summed E-state index contributed by atoms with van der Waals surface area (Å²) >= 11 is 6.33. The van der Waals surface area contributed by atoms with E-state index in [0.29, 0.717) is 53.1 Å². The lowest BCUT2D eigenvalue weighted by Gasteiger charge is -2.61. The number of nitrogens with one attached hydrogen (secondary N) is 4. The van der Waals surface area contributed by atoms with Crippen LogP contribution in [-0.2, 0) is 11.3 Å². The fourth-order valence-corrected chi connectivity index (χ4v) is 10.0. The molecule has 6 fully saturated rings. The Morgan fingerprint density at radius 1 is 0.978 bits per heavy atom. The summed E-state index contributed by atoms with van der Waals surface area (Å²) in [5.74, 6) is 3.64. The van der Waals surface area contributed by atoms with Gasteiger partial charge >= 0.3 is 0 Å². The minimum absolute atomic E-state index is 0.212. The van der Waals surface area contributed by atoms with Crippen molar-refractivity contribution in [2.24, 2.45) is 23.2 Å². The van der Waals surface area contributed by atoms with E-state index in [1.165, 1.54) is 57.8 Å². The van der Waals surface area contributed by atoms with Gasteiger partial charge in [-0.25, -0.2) is 4.98 Å². The third kappa shape index (κ3) is 7.00. The molecule has 4 bridgehead atoms. The maximum atomic E-state index is 11.7. The first-order valence-electron chi connectivity index (χ1n) is 17.6. The zero-order valence-corrected chi connectivity index (χ0v) is 27.9. The molecule has 10 heteroatoms. The second-order valence-electron chi connectivity index (χ2n) is 15.0. The smallest absolute Gasteiger partial charge is 0.224 e. The molecule has 1 amide bonds. The summed E-state index contributed by atoms with van der Waals surface area (Å²) in [6.45, 7) is 4.86. The topological polar surface area (TPSA) is 118 Å². The largest absolute Gasteiger partial charge is 0.368 e. The van der Waals surface area contributed by atoms with Crippen molar-refractivity contribution in [1.29, 1.82) is 5.26 Å². The normalized spacial score (nSPS) is 32.2. The van der Waals surface area contributed by atoms with E-state index in [1.807, 2.05) is 29.2 Å². The van der Waals surface area contributed by atoms with Gasteiger partial charge in [0.25, 0.3) is 0 Å². The van der Waals surface area contributed by atoms with Gasteiger partial charge in [-0.15, -0.1) is 0 Å². The molecule has 1 aromatic heterocycles. The molecule has 246 valence electrons. The van der Waals surface area contributed by atoms with Crippen molar-refractivity contribution in [2.75, 3.05) is 30.3 Å². The first kappa shape index (κ1) is 31.7. The number of anilines is 2. The number of nitrogens with zero attached hydrogens (tertiary/aromatic N) is 4. The molecular weight excluding hydrogens is 596 g/mol. The van der Waals surface area contributed by atoms with E-state index >= 15 is 0 Å². The number of halogens is 1. The van der Waals surface area contributed by atoms with Gasteiger partial charge in [0.1, 0.15) is 17.5 Å². The molecule has 6 aliphatic rings. The van der Waals surface area contributed by atoms with Gasteiger partial charge in [0.05, 0.1) is 6.20 Å². The standard InChI is InChI=1S/C36H49ClN8O/c1-23(46)45-12-10-31(11-13-45)42-29-6-8-30(9-7-29)43-33-26-14-24-15-27(33)18-36(16-24,17-26)22-41-34-28(19-38)21-40-35(44-34)39-20-25-4-2-3-5-32(25)37/h2-5,21,24,26-27,29-31,33,42-43H,6-18,20,22H2,1H3,(H2,39,40,41,44)/t24?,26-,27+,29-,30+,33-,36+. The average molecular weight is 645 g/mol. The zero-order valence-electron chi connectivity index (χ0n) is 27.1. The molecule has 46 heavy (non-hydrogen) atoms. The molecular formula is C36H49ClN8O. The Kier molecular flexibility index (Phi) is 9.40. The first-order chi connectivity index (χ1) is 22.4. The van der Waals surface area contributed by atoms with Crippen LogP contribution in [0, 0.1) is 34.5 Å². The van der Waals surface area contributed by atoms with E-state index in [-0.39, 0.29) is 11.3 Å². The van der Waals surface area contributed by atoms with Crippen LogP contribution in [0.5, 0.6) is 0 Å². The van der Waals surface area contributed by atoms with Crippen molar-refractivity contribution >= 4 is 29.3 Å². The third-order valence-corrected chi connectivity index (χ3v) is 12.3. The predicted octanol–water partition coefficient (Wildman–Crippen LogP) is 5.72. The summed E-state index contributed by atoms with van der Waals surface area (Å²) < 4.78 is 0. The Morgan fingerprint density at radius 3 is 2.33 bits per heavy atom. The monoisotopic (exact) mass is 644 g/mol. The highest BCUT2D eigenvalue weighted by atomic mass is 35.5. The lowest BCUT2D eigenvalue weighted by atomic mass is 9.47. The van der Waals surface area contributed by atoms with E-state index in [0.717, 1.165) is 55.8 Å². The van der Waals surface area contributed by atoms with Crippen molar-refractivity contribution in [2.45, 2.75) is 108 Å². The summed E-state index contributed by atoms with van der Waals surface area (Å²) in [6.07, 6.45) is 15.3. The molecule has 2 heterocycles. The Hall–Kier alpha value is -2.93. The highest BCUT2D eigenvalue weighted by Crippen LogP contribution is 2.60. The number of rotatable bonds is 10. The van der Waals surface area contributed by atoms with Crippen LogP contribution in [0.2, 0.25) is 5.02 Å². The van der Waals surface area contributed by atoms with Crippen molar-refractivity contribution in [3.05, 3.63) is 46.6 Å². The summed E-state index contributed by atoms with van der Waals surface area (Å²) in [7, 11) is 0. The van der Waals surface area contributed by atoms with Crippen molar-refractivity contribution in [1.82, 2.24) is 25.5 Å². The highest BCUT2D eigenvalue weighted by molar-refractivity contribution is 6.31. The molecule has 0 spiro atoms. The number of aromatic nitrogens is 2. The van der Waals surface area contributed by atoms with Gasteiger partial charge < -0.3 is 26.2 Å². The Balaban J connectivity index is 0.909. The van der Waals surface area contributed by atoms with Gasteiger partial charge in [-0.05, 0) is 105 Å². The van der Waals surface area contributed by atoms with Crippen molar-refractivity contribution < 1.29 is 4.79 Å². The van der Waals surface area contributed by atoms with E-state index in [2.05, 4.69) is 32.3 Å². The molecule has 4 N–H and O–H groups in total. The number of benzene rings is 1. The van der Waals surface area contributed by atoms with Gasteiger partial charge in [-0.3, -0.25) is 4.79 Å². The van der Waals surface area contributed by atoms with Crippen molar-refractivity contribution in [3.63, 3.8) is 0 Å². The van der Waals surface area contributed by atoms with Crippen molar-refractivity contribution in [3.8, 4) is 6.07 Å². The Labute approximate surface area is 278 Å². The van der Waals surface area contributed by atoms with E-state index in [9.17, 15) is 10.1 Å².